The van der Waals surface area contributed by atoms with Gasteiger partial charge in [-0.1, -0.05) is 12.1 Å². The Balaban J connectivity index is 1.52. The minimum Gasteiger partial charge on any atom is -0.497 e. The number of benzene rings is 1. The van der Waals surface area contributed by atoms with Gasteiger partial charge in [0.2, 0.25) is 5.91 Å². The number of hydrogen-bond acceptors (Lipinski definition) is 4. The van der Waals surface area contributed by atoms with Crippen LogP contribution in [0, 0.1) is 13.8 Å². The molecule has 1 aromatic carbocycles. The minimum absolute atomic E-state index is 0.213. The summed E-state index contributed by atoms with van der Waals surface area (Å²) in [5.41, 5.74) is 4.08. The summed E-state index contributed by atoms with van der Waals surface area (Å²) in [7, 11) is 1.66. The highest BCUT2D eigenvalue weighted by atomic mass is 32.1. The van der Waals surface area contributed by atoms with E-state index in [-0.39, 0.29) is 5.91 Å². The van der Waals surface area contributed by atoms with Crippen LogP contribution in [0.2, 0.25) is 0 Å². The average Bonchev–Trinajstić information content (AvgIpc) is 3.28. The lowest BCUT2D eigenvalue weighted by molar-refractivity contribution is -0.134. The third kappa shape index (κ3) is 4.29. The summed E-state index contributed by atoms with van der Waals surface area (Å²) in [6.45, 7) is 5.27. The van der Waals surface area contributed by atoms with E-state index in [4.69, 9.17) is 4.74 Å². The lowest BCUT2D eigenvalue weighted by atomic mass is 9.94. The summed E-state index contributed by atoms with van der Waals surface area (Å²) in [6.07, 6.45) is 3.73. The van der Waals surface area contributed by atoms with Crippen LogP contribution in [0.15, 0.2) is 41.1 Å². The maximum absolute atomic E-state index is 13.7. The second-order valence-corrected chi connectivity index (χ2v) is 8.95. The largest absolute Gasteiger partial charge is 0.497 e. The Morgan fingerprint density at radius 3 is 2.57 bits per heavy atom. The summed E-state index contributed by atoms with van der Waals surface area (Å²) in [6, 6.07) is 10.1. The molecule has 30 heavy (non-hydrogen) atoms. The monoisotopic (exact) mass is 423 g/mol. The third-order valence-electron chi connectivity index (χ3n) is 6.08. The smallest absolute Gasteiger partial charge is 0.233 e. The van der Waals surface area contributed by atoms with Gasteiger partial charge in [-0.05, 0) is 79.6 Å². The lowest BCUT2D eigenvalue weighted by Crippen LogP contribution is -2.40. The highest BCUT2D eigenvalue weighted by molar-refractivity contribution is 7.07. The van der Waals surface area contributed by atoms with Crippen molar-refractivity contribution >= 4 is 17.2 Å². The molecule has 4 rings (SSSR count). The van der Waals surface area contributed by atoms with E-state index >= 15 is 0 Å². The number of amides is 1. The van der Waals surface area contributed by atoms with E-state index in [9.17, 15) is 4.79 Å². The number of nitrogens with one attached hydrogen (secondary N) is 1. The number of H-pyrrole nitrogens is 1. The molecular formula is C24H29N3O2S. The van der Waals surface area contributed by atoms with Crippen molar-refractivity contribution in [2.75, 3.05) is 13.7 Å². The number of aryl methyl sites for hydroxylation is 3. The number of ether oxygens (including phenoxy) is 1. The molecule has 0 atom stereocenters. The maximum Gasteiger partial charge on any atom is 0.233 e. The molecule has 1 N–H and O–H groups in total. The van der Waals surface area contributed by atoms with Gasteiger partial charge in [-0.25, -0.2) is 4.98 Å². The Labute approximate surface area is 182 Å². The van der Waals surface area contributed by atoms with Gasteiger partial charge in [-0.15, -0.1) is 0 Å². The molecule has 0 aliphatic heterocycles. The highest BCUT2D eigenvalue weighted by Gasteiger charge is 2.53. The topological polar surface area (TPSA) is 58.2 Å². The second-order valence-electron chi connectivity index (χ2n) is 8.17. The van der Waals surface area contributed by atoms with Crippen LogP contribution in [0.1, 0.15) is 47.6 Å². The third-order valence-corrected chi connectivity index (χ3v) is 6.81. The summed E-state index contributed by atoms with van der Waals surface area (Å²) in [4.78, 5) is 23.7. The zero-order valence-corrected chi connectivity index (χ0v) is 18.7. The van der Waals surface area contributed by atoms with Crippen LogP contribution in [0.4, 0.5) is 0 Å². The van der Waals surface area contributed by atoms with E-state index in [1.165, 1.54) is 5.56 Å². The Hall–Kier alpha value is -2.60. The average molecular weight is 424 g/mol. The van der Waals surface area contributed by atoms with Gasteiger partial charge in [0.15, 0.2) is 0 Å². The first-order valence-corrected chi connectivity index (χ1v) is 11.4. The van der Waals surface area contributed by atoms with Crippen molar-refractivity contribution in [3.63, 3.8) is 0 Å². The van der Waals surface area contributed by atoms with Crippen molar-refractivity contribution in [2.45, 2.75) is 51.5 Å². The standard InChI is InChI=1S/C24H29N3O2S/c1-17-18(2)26-22(25-17)15-27(13-4-5-19-10-14-30-16-19)23(28)24(11-12-24)20-6-8-21(29-3)9-7-20/h6-10,14,16H,4-5,11-13,15H2,1-3H3,(H,25,26). The predicted molar refractivity (Wildman–Crippen MR) is 120 cm³/mol. The van der Waals surface area contributed by atoms with Crippen LogP contribution in [0.5, 0.6) is 5.75 Å². The van der Waals surface area contributed by atoms with Crippen molar-refractivity contribution in [3.05, 3.63) is 69.4 Å². The molecule has 2 aromatic heterocycles. The van der Waals surface area contributed by atoms with E-state index in [1.54, 1.807) is 18.4 Å². The molecular weight excluding hydrogens is 394 g/mol. The quantitative estimate of drug-likeness (QED) is 0.538. The molecule has 2 heterocycles. The zero-order valence-electron chi connectivity index (χ0n) is 17.9. The lowest BCUT2D eigenvalue weighted by Gasteiger charge is -2.27. The van der Waals surface area contributed by atoms with Gasteiger partial charge >= 0.3 is 0 Å². The van der Waals surface area contributed by atoms with E-state index in [2.05, 4.69) is 26.8 Å². The van der Waals surface area contributed by atoms with E-state index in [0.717, 1.165) is 60.8 Å². The van der Waals surface area contributed by atoms with E-state index < -0.39 is 5.41 Å². The second kappa shape index (κ2) is 8.64. The Kier molecular flexibility index (Phi) is 5.95. The van der Waals surface area contributed by atoms with Gasteiger partial charge in [-0.3, -0.25) is 4.79 Å². The summed E-state index contributed by atoms with van der Waals surface area (Å²) in [5, 5.41) is 4.29. The fourth-order valence-electron chi connectivity index (χ4n) is 4.00. The molecule has 0 bridgehead atoms. The number of rotatable bonds is 9. The van der Waals surface area contributed by atoms with Gasteiger partial charge in [0.1, 0.15) is 11.6 Å². The fraction of sp³-hybridized carbons (Fsp3) is 0.417. The number of carbonyl (C=O) groups excluding carboxylic acids is 1. The van der Waals surface area contributed by atoms with Gasteiger partial charge in [0.05, 0.1) is 24.8 Å². The molecule has 5 nitrogen and oxygen atoms in total. The Bertz CT molecular complexity index is 969. The number of nitrogens with zero attached hydrogens (tertiary/aromatic N) is 2. The molecule has 1 aliphatic rings. The van der Waals surface area contributed by atoms with Crippen LogP contribution in [0.25, 0.3) is 0 Å². The number of methoxy groups -OCH3 is 1. The van der Waals surface area contributed by atoms with Crippen LogP contribution >= 0.6 is 11.3 Å². The minimum atomic E-state index is -0.397. The Morgan fingerprint density at radius 2 is 2.00 bits per heavy atom. The number of thiophene rings is 1. The molecule has 158 valence electrons. The van der Waals surface area contributed by atoms with E-state index in [1.807, 2.05) is 43.0 Å². The van der Waals surface area contributed by atoms with Gasteiger partial charge in [0, 0.05) is 12.2 Å². The zero-order chi connectivity index (χ0) is 21.1. The predicted octanol–water partition coefficient (Wildman–Crippen LogP) is 4.79. The molecule has 1 amide bonds. The molecule has 6 heteroatoms. The molecule has 1 aliphatic carbocycles. The first-order chi connectivity index (χ1) is 14.5. The van der Waals surface area contributed by atoms with Crippen LogP contribution in [-0.2, 0) is 23.2 Å². The number of aromatic amines is 1. The molecule has 0 unspecified atom stereocenters. The first kappa shape index (κ1) is 20.7. The highest BCUT2D eigenvalue weighted by Crippen LogP contribution is 2.50. The number of hydrogen-bond donors (Lipinski definition) is 1. The summed E-state index contributed by atoms with van der Waals surface area (Å²) in [5.74, 6) is 1.89. The van der Waals surface area contributed by atoms with Crippen molar-refractivity contribution in [1.29, 1.82) is 0 Å². The maximum atomic E-state index is 13.7. The molecule has 1 saturated carbocycles. The number of imidazole rings is 1. The van der Waals surface area contributed by atoms with Gasteiger partial charge < -0.3 is 14.6 Å². The molecule has 1 fully saturated rings. The van der Waals surface area contributed by atoms with Crippen LogP contribution < -0.4 is 4.74 Å². The van der Waals surface area contributed by atoms with Crippen molar-refractivity contribution in [3.8, 4) is 5.75 Å². The van der Waals surface area contributed by atoms with Crippen molar-refractivity contribution in [2.24, 2.45) is 0 Å². The summed E-state index contributed by atoms with van der Waals surface area (Å²) < 4.78 is 5.28. The van der Waals surface area contributed by atoms with Crippen LogP contribution in [0.3, 0.4) is 0 Å². The normalized spacial score (nSPS) is 14.5. The van der Waals surface area contributed by atoms with Gasteiger partial charge in [-0.2, -0.15) is 11.3 Å². The van der Waals surface area contributed by atoms with E-state index in [0.29, 0.717) is 6.54 Å². The van der Waals surface area contributed by atoms with Gasteiger partial charge in [0.25, 0.3) is 0 Å². The van der Waals surface area contributed by atoms with Crippen molar-refractivity contribution < 1.29 is 9.53 Å². The molecule has 0 radical (unpaired) electrons. The molecule has 0 saturated heterocycles. The number of carbonyl (C=O) groups is 1. The number of aromatic nitrogens is 2. The van der Waals surface area contributed by atoms with Crippen LogP contribution in [-0.4, -0.2) is 34.4 Å². The Morgan fingerprint density at radius 1 is 1.23 bits per heavy atom. The summed E-state index contributed by atoms with van der Waals surface area (Å²) >= 11 is 1.72. The SMILES string of the molecule is COc1ccc(C2(C(=O)N(CCCc3ccsc3)Cc3nc(C)c(C)[nH]3)CC2)cc1. The van der Waals surface area contributed by atoms with Crippen molar-refractivity contribution in [1.82, 2.24) is 14.9 Å². The molecule has 0 spiro atoms. The molecule has 3 aromatic rings. The fourth-order valence-corrected chi connectivity index (χ4v) is 4.71. The first-order valence-electron chi connectivity index (χ1n) is 10.5.